The van der Waals surface area contributed by atoms with Crippen molar-refractivity contribution >= 4 is 29.2 Å². The highest BCUT2D eigenvalue weighted by molar-refractivity contribution is 6.31. The third-order valence-electron chi connectivity index (χ3n) is 2.85. The first kappa shape index (κ1) is 12.9. The summed E-state index contributed by atoms with van der Waals surface area (Å²) >= 11 is 5.80. The molecule has 1 unspecified atom stereocenters. The number of carboxylic acids is 1. The van der Waals surface area contributed by atoms with E-state index in [4.69, 9.17) is 16.7 Å². The summed E-state index contributed by atoms with van der Waals surface area (Å²) in [4.78, 5) is 22.9. The van der Waals surface area contributed by atoms with Gasteiger partial charge in [-0.3, -0.25) is 4.79 Å². The molecule has 6 heteroatoms. The molecule has 0 spiro atoms. The molecule has 3 N–H and O–H groups in total. The molecule has 1 heterocycles. The van der Waals surface area contributed by atoms with E-state index in [1.807, 2.05) is 0 Å². The lowest BCUT2D eigenvalue weighted by Gasteiger charge is -2.13. The molecule has 1 atom stereocenters. The van der Waals surface area contributed by atoms with Gasteiger partial charge in [0.1, 0.15) is 0 Å². The van der Waals surface area contributed by atoms with E-state index in [-0.39, 0.29) is 23.2 Å². The van der Waals surface area contributed by atoms with Gasteiger partial charge in [0.25, 0.3) is 0 Å². The Balaban J connectivity index is 2.19. The molecule has 1 aliphatic rings. The Kier molecular flexibility index (Phi) is 3.84. The van der Waals surface area contributed by atoms with Crippen LogP contribution >= 0.6 is 11.6 Å². The Morgan fingerprint density at radius 3 is 2.83 bits per heavy atom. The first-order valence-corrected chi connectivity index (χ1v) is 6.03. The fraction of sp³-hybridized carbons (Fsp3) is 0.333. The maximum Gasteiger partial charge on any atom is 0.337 e. The second kappa shape index (κ2) is 5.37. The topological polar surface area (TPSA) is 78.4 Å². The molecule has 0 aliphatic carbocycles. The van der Waals surface area contributed by atoms with Crippen LogP contribution in [0.1, 0.15) is 23.2 Å². The van der Waals surface area contributed by atoms with Crippen molar-refractivity contribution in [3.63, 3.8) is 0 Å². The van der Waals surface area contributed by atoms with Gasteiger partial charge >= 0.3 is 5.97 Å². The lowest BCUT2D eigenvalue weighted by Crippen LogP contribution is -2.35. The number of carbonyl (C=O) groups excluding carboxylic acids is 1. The first-order chi connectivity index (χ1) is 8.58. The molecule has 1 aliphatic heterocycles. The molecule has 0 radical (unpaired) electrons. The highest BCUT2D eigenvalue weighted by atomic mass is 35.5. The summed E-state index contributed by atoms with van der Waals surface area (Å²) in [6, 6.07) is 4.04. The standard InChI is InChI=1S/C12H13ClN2O3/c13-7-3-4-8(12(17)18)10(6-7)15-11(16)9-2-1-5-14-9/h3-4,6,9,14H,1-2,5H2,(H,15,16)(H,17,18). The fourth-order valence-corrected chi connectivity index (χ4v) is 2.11. The highest BCUT2D eigenvalue weighted by Gasteiger charge is 2.23. The van der Waals surface area contributed by atoms with Crippen molar-refractivity contribution in [3.8, 4) is 0 Å². The summed E-state index contributed by atoms with van der Waals surface area (Å²) < 4.78 is 0. The van der Waals surface area contributed by atoms with E-state index in [0.717, 1.165) is 19.4 Å². The number of benzene rings is 1. The van der Waals surface area contributed by atoms with E-state index >= 15 is 0 Å². The van der Waals surface area contributed by atoms with Crippen LogP contribution in [0.5, 0.6) is 0 Å². The number of hydrogen-bond donors (Lipinski definition) is 3. The zero-order valence-corrected chi connectivity index (χ0v) is 10.3. The summed E-state index contributed by atoms with van der Waals surface area (Å²) in [5.74, 6) is -1.32. The number of halogens is 1. The van der Waals surface area contributed by atoms with Gasteiger partial charge in [-0.05, 0) is 37.6 Å². The molecule has 1 amide bonds. The summed E-state index contributed by atoms with van der Waals surface area (Å²) in [7, 11) is 0. The summed E-state index contributed by atoms with van der Waals surface area (Å²) in [6.07, 6.45) is 1.70. The number of carbonyl (C=O) groups is 2. The fourth-order valence-electron chi connectivity index (χ4n) is 1.93. The Morgan fingerprint density at radius 1 is 1.44 bits per heavy atom. The Morgan fingerprint density at radius 2 is 2.22 bits per heavy atom. The second-order valence-electron chi connectivity index (χ2n) is 4.13. The quantitative estimate of drug-likeness (QED) is 0.780. The number of rotatable bonds is 3. The minimum atomic E-state index is -1.10. The van der Waals surface area contributed by atoms with Crippen molar-refractivity contribution in [3.05, 3.63) is 28.8 Å². The molecule has 18 heavy (non-hydrogen) atoms. The van der Waals surface area contributed by atoms with Crippen LogP contribution in [0.3, 0.4) is 0 Å². The lowest BCUT2D eigenvalue weighted by atomic mass is 10.1. The van der Waals surface area contributed by atoms with Crippen LogP contribution in [0.4, 0.5) is 5.69 Å². The van der Waals surface area contributed by atoms with E-state index in [1.54, 1.807) is 0 Å². The van der Waals surface area contributed by atoms with Gasteiger partial charge in [-0.2, -0.15) is 0 Å². The van der Waals surface area contributed by atoms with E-state index in [9.17, 15) is 9.59 Å². The summed E-state index contributed by atoms with van der Waals surface area (Å²) in [5.41, 5.74) is 0.263. The summed E-state index contributed by atoms with van der Waals surface area (Å²) in [6.45, 7) is 0.805. The smallest absolute Gasteiger partial charge is 0.337 e. The number of nitrogens with one attached hydrogen (secondary N) is 2. The number of aromatic carboxylic acids is 1. The van der Waals surface area contributed by atoms with Crippen LogP contribution in [0.15, 0.2) is 18.2 Å². The van der Waals surface area contributed by atoms with Crippen LogP contribution in [-0.4, -0.2) is 29.6 Å². The largest absolute Gasteiger partial charge is 0.478 e. The Bertz CT molecular complexity index is 484. The van der Waals surface area contributed by atoms with Gasteiger partial charge in [-0.25, -0.2) is 4.79 Å². The van der Waals surface area contributed by atoms with Crippen LogP contribution in [0.25, 0.3) is 0 Å². The van der Waals surface area contributed by atoms with Gasteiger partial charge in [-0.1, -0.05) is 11.6 Å². The van der Waals surface area contributed by atoms with Gasteiger partial charge in [0.2, 0.25) is 5.91 Å². The zero-order valence-electron chi connectivity index (χ0n) is 9.57. The Hall–Kier alpha value is -1.59. The lowest BCUT2D eigenvalue weighted by molar-refractivity contribution is -0.117. The van der Waals surface area contributed by atoms with Crippen molar-refractivity contribution in [1.82, 2.24) is 5.32 Å². The molecular weight excluding hydrogens is 256 g/mol. The van der Waals surface area contributed by atoms with E-state index in [0.29, 0.717) is 5.02 Å². The predicted molar refractivity (Wildman–Crippen MR) is 68.1 cm³/mol. The number of carboxylic acid groups (broad SMARTS) is 1. The van der Waals surface area contributed by atoms with Gasteiger partial charge < -0.3 is 15.7 Å². The number of amides is 1. The molecule has 1 aromatic carbocycles. The van der Waals surface area contributed by atoms with Crippen molar-refractivity contribution in [2.24, 2.45) is 0 Å². The monoisotopic (exact) mass is 268 g/mol. The Labute approximate surface area is 109 Å². The van der Waals surface area contributed by atoms with Gasteiger partial charge in [-0.15, -0.1) is 0 Å². The minimum Gasteiger partial charge on any atom is -0.478 e. The maximum absolute atomic E-state index is 11.9. The molecular formula is C12H13ClN2O3. The predicted octanol–water partition coefficient (Wildman–Crippen LogP) is 1.73. The molecule has 5 nitrogen and oxygen atoms in total. The van der Waals surface area contributed by atoms with Gasteiger partial charge in [0, 0.05) is 5.02 Å². The molecule has 0 bridgehead atoms. The van der Waals surface area contributed by atoms with E-state index in [2.05, 4.69) is 10.6 Å². The third kappa shape index (κ3) is 2.80. The molecule has 0 aromatic heterocycles. The minimum absolute atomic E-state index is 0.0331. The van der Waals surface area contributed by atoms with E-state index in [1.165, 1.54) is 18.2 Å². The number of hydrogen-bond acceptors (Lipinski definition) is 3. The molecule has 1 aromatic rings. The van der Waals surface area contributed by atoms with E-state index < -0.39 is 5.97 Å². The van der Waals surface area contributed by atoms with Crippen molar-refractivity contribution in [1.29, 1.82) is 0 Å². The molecule has 1 saturated heterocycles. The zero-order chi connectivity index (χ0) is 13.1. The van der Waals surface area contributed by atoms with Crippen LogP contribution in [0.2, 0.25) is 5.02 Å². The van der Waals surface area contributed by atoms with Crippen molar-refractivity contribution < 1.29 is 14.7 Å². The van der Waals surface area contributed by atoms with Crippen LogP contribution < -0.4 is 10.6 Å². The second-order valence-corrected chi connectivity index (χ2v) is 4.57. The SMILES string of the molecule is O=C(O)c1ccc(Cl)cc1NC(=O)C1CCCN1. The van der Waals surface area contributed by atoms with Crippen molar-refractivity contribution in [2.45, 2.75) is 18.9 Å². The molecule has 0 saturated carbocycles. The highest BCUT2D eigenvalue weighted by Crippen LogP contribution is 2.22. The molecule has 2 rings (SSSR count). The average molecular weight is 269 g/mol. The normalized spacial score (nSPS) is 18.6. The summed E-state index contributed by atoms with van der Waals surface area (Å²) in [5, 5.41) is 15.1. The van der Waals surface area contributed by atoms with Gasteiger partial charge in [0.05, 0.1) is 17.3 Å². The number of anilines is 1. The first-order valence-electron chi connectivity index (χ1n) is 5.65. The third-order valence-corrected chi connectivity index (χ3v) is 3.08. The maximum atomic E-state index is 11.9. The van der Waals surface area contributed by atoms with Gasteiger partial charge in [0.15, 0.2) is 0 Å². The molecule has 1 fully saturated rings. The van der Waals surface area contributed by atoms with Crippen molar-refractivity contribution in [2.75, 3.05) is 11.9 Å². The van der Waals surface area contributed by atoms with Crippen LogP contribution in [0, 0.1) is 0 Å². The average Bonchev–Trinajstić information content (AvgIpc) is 2.81. The van der Waals surface area contributed by atoms with Crippen LogP contribution in [-0.2, 0) is 4.79 Å². The molecule has 96 valence electrons.